The van der Waals surface area contributed by atoms with E-state index in [4.69, 9.17) is 0 Å². The van der Waals surface area contributed by atoms with Crippen molar-refractivity contribution in [3.63, 3.8) is 0 Å². The molecule has 1 aliphatic carbocycles. The van der Waals surface area contributed by atoms with E-state index in [1.807, 2.05) is 11.3 Å². The number of rotatable bonds is 1. The molecule has 0 bridgehead atoms. The van der Waals surface area contributed by atoms with Crippen molar-refractivity contribution < 1.29 is 0 Å². The number of hydrogen-bond donors (Lipinski definition) is 0. The maximum atomic E-state index is 2.35. The summed E-state index contributed by atoms with van der Waals surface area (Å²) in [5.41, 5.74) is 1.47. The Labute approximate surface area is 77.9 Å². The first-order chi connectivity index (χ1) is 5.77. The monoisotopic (exact) mass is 178 g/mol. The van der Waals surface area contributed by atoms with Crippen LogP contribution in [-0.4, -0.2) is 0 Å². The maximum absolute atomic E-state index is 2.35. The quantitative estimate of drug-likeness (QED) is 0.613. The Balaban J connectivity index is 2.39. The van der Waals surface area contributed by atoms with Gasteiger partial charge < -0.3 is 0 Å². The van der Waals surface area contributed by atoms with Gasteiger partial charge in [-0.05, 0) is 30.4 Å². The van der Waals surface area contributed by atoms with Gasteiger partial charge in [-0.15, -0.1) is 11.3 Å². The average molecular weight is 178 g/mol. The number of fused-ring (bicyclic) bond motifs is 1. The Morgan fingerprint density at radius 2 is 2.25 bits per heavy atom. The van der Waals surface area contributed by atoms with E-state index < -0.39 is 0 Å². The zero-order valence-electron chi connectivity index (χ0n) is 7.63. The van der Waals surface area contributed by atoms with Crippen LogP contribution in [0.4, 0.5) is 0 Å². The highest BCUT2D eigenvalue weighted by atomic mass is 32.1. The maximum Gasteiger partial charge on any atom is 0.0124 e. The minimum atomic E-state index is 0.689. The Hall–Kier alpha value is -0.560. The first kappa shape index (κ1) is 8.06. The molecular weight excluding hydrogens is 164 g/mol. The molecule has 0 N–H and O–H groups in total. The Kier molecular flexibility index (Phi) is 2.05. The third kappa shape index (κ3) is 1.34. The average Bonchev–Trinajstić information content (AvgIpc) is 2.46. The third-order valence-corrected chi connectivity index (χ3v) is 3.78. The Bertz CT molecular complexity index is 305. The van der Waals surface area contributed by atoms with Gasteiger partial charge >= 0.3 is 0 Å². The number of hydrogen-bond acceptors (Lipinski definition) is 1. The van der Waals surface area contributed by atoms with E-state index in [1.165, 1.54) is 23.3 Å². The fourth-order valence-corrected chi connectivity index (χ4v) is 2.68. The molecule has 1 heteroatoms. The van der Waals surface area contributed by atoms with E-state index >= 15 is 0 Å². The summed E-state index contributed by atoms with van der Waals surface area (Å²) in [6.07, 6.45) is 7.02. The van der Waals surface area contributed by atoms with Gasteiger partial charge in [-0.3, -0.25) is 0 Å². The van der Waals surface area contributed by atoms with Crippen molar-refractivity contribution in [3.05, 3.63) is 27.5 Å². The van der Waals surface area contributed by atoms with Crippen molar-refractivity contribution in [2.45, 2.75) is 32.6 Å². The number of allylic oxidation sites excluding steroid dienone is 1. The first-order valence-corrected chi connectivity index (χ1v) is 5.38. The number of thiophene rings is 1. The van der Waals surface area contributed by atoms with E-state index in [0.29, 0.717) is 5.92 Å². The fourth-order valence-electron chi connectivity index (χ4n) is 1.51. The van der Waals surface area contributed by atoms with Gasteiger partial charge in [0.05, 0.1) is 0 Å². The SMILES string of the molecule is CC(C)c1cc2c(s1)CCC=C2. The second-order valence-electron chi connectivity index (χ2n) is 3.62. The number of aryl methyl sites for hydroxylation is 1. The van der Waals surface area contributed by atoms with Crippen molar-refractivity contribution in [1.82, 2.24) is 0 Å². The van der Waals surface area contributed by atoms with Gasteiger partial charge in [-0.2, -0.15) is 0 Å². The molecule has 12 heavy (non-hydrogen) atoms. The second kappa shape index (κ2) is 3.06. The smallest absolute Gasteiger partial charge is 0.0124 e. The van der Waals surface area contributed by atoms with Gasteiger partial charge in [0.1, 0.15) is 0 Å². The molecule has 0 atom stereocenters. The van der Waals surface area contributed by atoms with Gasteiger partial charge in [0.25, 0.3) is 0 Å². The Morgan fingerprint density at radius 3 is 2.92 bits per heavy atom. The van der Waals surface area contributed by atoms with Gasteiger partial charge in [0, 0.05) is 9.75 Å². The molecule has 0 saturated carbocycles. The Morgan fingerprint density at radius 1 is 1.42 bits per heavy atom. The highest BCUT2D eigenvalue weighted by molar-refractivity contribution is 7.12. The molecule has 0 radical (unpaired) electrons. The molecule has 0 aliphatic heterocycles. The minimum absolute atomic E-state index is 0.689. The van der Waals surface area contributed by atoms with E-state index in [2.05, 4.69) is 32.1 Å². The summed E-state index contributed by atoms with van der Waals surface area (Å²) in [5.74, 6) is 0.689. The summed E-state index contributed by atoms with van der Waals surface area (Å²) < 4.78 is 0. The molecule has 1 heterocycles. The lowest BCUT2D eigenvalue weighted by atomic mass is 10.1. The highest BCUT2D eigenvalue weighted by Gasteiger charge is 2.10. The molecule has 0 unspecified atom stereocenters. The van der Waals surface area contributed by atoms with E-state index in [1.54, 1.807) is 4.88 Å². The van der Waals surface area contributed by atoms with Crippen LogP contribution in [-0.2, 0) is 6.42 Å². The van der Waals surface area contributed by atoms with Crippen LogP contribution in [0.2, 0.25) is 0 Å². The lowest BCUT2D eigenvalue weighted by Crippen LogP contribution is -1.85. The molecule has 0 aromatic carbocycles. The molecule has 2 rings (SSSR count). The minimum Gasteiger partial charge on any atom is -0.144 e. The van der Waals surface area contributed by atoms with Crippen molar-refractivity contribution in [3.8, 4) is 0 Å². The zero-order valence-corrected chi connectivity index (χ0v) is 8.45. The second-order valence-corrected chi connectivity index (χ2v) is 4.79. The van der Waals surface area contributed by atoms with Crippen molar-refractivity contribution in [2.24, 2.45) is 0 Å². The molecule has 1 aliphatic rings. The van der Waals surface area contributed by atoms with E-state index in [9.17, 15) is 0 Å². The lowest BCUT2D eigenvalue weighted by molar-refractivity contribution is 0.889. The van der Waals surface area contributed by atoms with Crippen LogP contribution in [0.3, 0.4) is 0 Å². The molecule has 0 saturated heterocycles. The molecule has 64 valence electrons. The highest BCUT2D eigenvalue weighted by Crippen LogP contribution is 2.32. The zero-order chi connectivity index (χ0) is 8.55. The normalized spacial score (nSPS) is 15.2. The lowest BCUT2D eigenvalue weighted by Gasteiger charge is -2.01. The van der Waals surface area contributed by atoms with Crippen LogP contribution >= 0.6 is 11.3 Å². The van der Waals surface area contributed by atoms with Gasteiger partial charge in [0.2, 0.25) is 0 Å². The van der Waals surface area contributed by atoms with Crippen molar-refractivity contribution >= 4 is 17.4 Å². The summed E-state index contributed by atoms with van der Waals surface area (Å²) in [6, 6.07) is 2.35. The predicted molar refractivity (Wildman–Crippen MR) is 55.8 cm³/mol. The van der Waals surface area contributed by atoms with Crippen LogP contribution in [0, 0.1) is 0 Å². The summed E-state index contributed by atoms with van der Waals surface area (Å²) in [6.45, 7) is 4.53. The van der Waals surface area contributed by atoms with Crippen molar-refractivity contribution in [1.29, 1.82) is 0 Å². The topological polar surface area (TPSA) is 0 Å². The molecule has 1 aromatic rings. The van der Waals surface area contributed by atoms with Gasteiger partial charge in [-0.25, -0.2) is 0 Å². The summed E-state index contributed by atoms with van der Waals surface area (Å²) in [7, 11) is 0. The molecular formula is C11H14S. The molecule has 0 fully saturated rings. The van der Waals surface area contributed by atoms with Crippen molar-refractivity contribution in [2.75, 3.05) is 0 Å². The summed E-state index contributed by atoms with van der Waals surface area (Å²) in [4.78, 5) is 3.12. The van der Waals surface area contributed by atoms with Gasteiger partial charge in [-0.1, -0.05) is 26.0 Å². The first-order valence-electron chi connectivity index (χ1n) is 4.56. The molecule has 1 aromatic heterocycles. The largest absolute Gasteiger partial charge is 0.144 e. The summed E-state index contributed by atoms with van der Waals surface area (Å²) >= 11 is 1.99. The predicted octanol–water partition coefficient (Wildman–Crippen LogP) is 3.83. The van der Waals surface area contributed by atoms with Crippen LogP contribution in [0.25, 0.3) is 6.08 Å². The van der Waals surface area contributed by atoms with E-state index in [-0.39, 0.29) is 0 Å². The van der Waals surface area contributed by atoms with Crippen LogP contribution < -0.4 is 0 Å². The molecule has 0 nitrogen and oxygen atoms in total. The fraction of sp³-hybridized carbons (Fsp3) is 0.455. The van der Waals surface area contributed by atoms with Gasteiger partial charge in [0.15, 0.2) is 0 Å². The van der Waals surface area contributed by atoms with E-state index in [0.717, 1.165) is 0 Å². The standard InChI is InChI=1S/C11H14S/c1-8(2)11-7-9-5-3-4-6-10(9)12-11/h3,5,7-8H,4,6H2,1-2H3. The van der Waals surface area contributed by atoms with Crippen LogP contribution in [0.5, 0.6) is 0 Å². The molecule has 0 amide bonds. The summed E-state index contributed by atoms with van der Waals surface area (Å²) in [5, 5.41) is 0. The van der Waals surface area contributed by atoms with Crippen LogP contribution in [0.15, 0.2) is 12.1 Å². The molecule has 0 spiro atoms. The van der Waals surface area contributed by atoms with Crippen LogP contribution in [0.1, 0.15) is 41.5 Å². The third-order valence-electron chi connectivity index (χ3n) is 2.27.